The van der Waals surface area contributed by atoms with Gasteiger partial charge in [0, 0.05) is 44.1 Å². The van der Waals surface area contributed by atoms with Gasteiger partial charge in [-0.1, -0.05) is 6.07 Å². The molecule has 18 heavy (non-hydrogen) atoms. The van der Waals surface area contributed by atoms with Gasteiger partial charge in [-0.3, -0.25) is 4.90 Å². The van der Waals surface area contributed by atoms with Crippen molar-refractivity contribution in [2.75, 3.05) is 50.0 Å². The molecule has 1 fully saturated rings. The van der Waals surface area contributed by atoms with Gasteiger partial charge in [0.15, 0.2) is 0 Å². The lowest BCUT2D eigenvalue weighted by Gasteiger charge is -2.35. The molecule has 6 heteroatoms. The highest BCUT2D eigenvalue weighted by molar-refractivity contribution is 5.85. The lowest BCUT2D eigenvalue weighted by atomic mass is 10.2. The van der Waals surface area contributed by atoms with Crippen molar-refractivity contribution in [3.8, 4) is 0 Å². The Kier molecular flexibility index (Phi) is 8.11. The number of piperazine rings is 1. The standard InChI is InChI=1S/C12H19N3O.2ClH/c13-11-2-1-3-12(10-11)15-6-4-14(5-7-15)8-9-16;;/h1-3,10,16H,4-9,13H2;2*1H. The summed E-state index contributed by atoms with van der Waals surface area (Å²) < 4.78 is 0. The minimum absolute atomic E-state index is 0. The third kappa shape index (κ3) is 4.53. The number of halogens is 2. The van der Waals surface area contributed by atoms with E-state index >= 15 is 0 Å². The first-order valence-corrected chi connectivity index (χ1v) is 5.73. The number of rotatable bonds is 3. The predicted molar refractivity (Wildman–Crippen MR) is 81.1 cm³/mol. The van der Waals surface area contributed by atoms with E-state index in [0.717, 1.165) is 38.4 Å². The number of β-amino-alcohol motifs (C(OH)–C–C–N with tert-alkyl or cyclic N) is 1. The summed E-state index contributed by atoms with van der Waals surface area (Å²) in [7, 11) is 0. The fourth-order valence-electron chi connectivity index (χ4n) is 2.09. The summed E-state index contributed by atoms with van der Waals surface area (Å²) in [6.45, 7) is 5.06. The number of aliphatic hydroxyl groups excluding tert-OH is 1. The van der Waals surface area contributed by atoms with Crippen LogP contribution < -0.4 is 10.6 Å². The maximum Gasteiger partial charge on any atom is 0.0558 e. The molecule has 3 N–H and O–H groups in total. The molecular formula is C12H21Cl2N3O. The van der Waals surface area contributed by atoms with E-state index in [1.165, 1.54) is 5.69 Å². The van der Waals surface area contributed by atoms with E-state index in [0.29, 0.717) is 0 Å². The van der Waals surface area contributed by atoms with Crippen molar-refractivity contribution < 1.29 is 5.11 Å². The number of anilines is 2. The monoisotopic (exact) mass is 293 g/mol. The van der Waals surface area contributed by atoms with Gasteiger partial charge in [-0.05, 0) is 18.2 Å². The molecule has 0 radical (unpaired) electrons. The summed E-state index contributed by atoms with van der Waals surface area (Å²) in [6, 6.07) is 8.01. The zero-order valence-corrected chi connectivity index (χ0v) is 11.9. The van der Waals surface area contributed by atoms with Crippen LogP contribution in [0.5, 0.6) is 0 Å². The maximum absolute atomic E-state index is 8.87. The van der Waals surface area contributed by atoms with Gasteiger partial charge in [0.2, 0.25) is 0 Å². The molecular weight excluding hydrogens is 273 g/mol. The highest BCUT2D eigenvalue weighted by Crippen LogP contribution is 2.18. The molecule has 0 aromatic heterocycles. The van der Waals surface area contributed by atoms with Gasteiger partial charge < -0.3 is 15.7 Å². The predicted octanol–water partition coefficient (Wildman–Crippen LogP) is 1.23. The number of hydrogen-bond donors (Lipinski definition) is 2. The average Bonchev–Trinajstić information content (AvgIpc) is 2.30. The molecule has 1 aliphatic rings. The van der Waals surface area contributed by atoms with E-state index in [1.54, 1.807) is 0 Å². The van der Waals surface area contributed by atoms with E-state index < -0.39 is 0 Å². The van der Waals surface area contributed by atoms with Crippen LogP contribution in [0.4, 0.5) is 11.4 Å². The van der Waals surface area contributed by atoms with Crippen LogP contribution in [-0.2, 0) is 0 Å². The Morgan fingerprint density at radius 2 is 1.78 bits per heavy atom. The second kappa shape index (κ2) is 8.43. The molecule has 1 aromatic carbocycles. The Hall–Kier alpha value is -0.680. The van der Waals surface area contributed by atoms with Crippen LogP contribution in [0.2, 0.25) is 0 Å². The molecule has 104 valence electrons. The summed E-state index contributed by atoms with van der Waals surface area (Å²) in [5.74, 6) is 0. The number of nitrogens with two attached hydrogens (primary N) is 1. The SMILES string of the molecule is Cl.Cl.Nc1cccc(N2CCN(CCO)CC2)c1. The van der Waals surface area contributed by atoms with Crippen molar-refractivity contribution in [1.29, 1.82) is 0 Å². The molecule has 0 saturated carbocycles. The second-order valence-corrected chi connectivity index (χ2v) is 4.15. The fourth-order valence-corrected chi connectivity index (χ4v) is 2.09. The van der Waals surface area contributed by atoms with E-state index in [1.807, 2.05) is 18.2 Å². The maximum atomic E-state index is 8.87. The molecule has 0 unspecified atom stereocenters. The molecule has 1 saturated heterocycles. The van der Waals surface area contributed by atoms with Crippen molar-refractivity contribution in [1.82, 2.24) is 4.90 Å². The van der Waals surface area contributed by atoms with Crippen molar-refractivity contribution >= 4 is 36.2 Å². The number of hydrogen-bond acceptors (Lipinski definition) is 4. The first-order chi connectivity index (χ1) is 7.79. The van der Waals surface area contributed by atoms with Crippen LogP contribution in [-0.4, -0.2) is 49.3 Å². The Bertz CT molecular complexity index is 344. The van der Waals surface area contributed by atoms with Gasteiger partial charge >= 0.3 is 0 Å². The van der Waals surface area contributed by atoms with Gasteiger partial charge in [0.1, 0.15) is 0 Å². The lowest BCUT2D eigenvalue weighted by Crippen LogP contribution is -2.47. The topological polar surface area (TPSA) is 52.7 Å². The molecule has 1 aliphatic heterocycles. The Morgan fingerprint density at radius 1 is 1.11 bits per heavy atom. The van der Waals surface area contributed by atoms with E-state index in [9.17, 15) is 0 Å². The third-order valence-corrected chi connectivity index (χ3v) is 3.02. The van der Waals surface area contributed by atoms with Crippen LogP contribution in [0.15, 0.2) is 24.3 Å². The van der Waals surface area contributed by atoms with Crippen molar-refractivity contribution in [3.63, 3.8) is 0 Å². The first kappa shape index (κ1) is 17.3. The molecule has 4 nitrogen and oxygen atoms in total. The Morgan fingerprint density at radius 3 is 2.33 bits per heavy atom. The zero-order valence-electron chi connectivity index (χ0n) is 10.3. The van der Waals surface area contributed by atoms with Crippen molar-refractivity contribution in [3.05, 3.63) is 24.3 Å². The first-order valence-electron chi connectivity index (χ1n) is 5.73. The van der Waals surface area contributed by atoms with Crippen LogP contribution >= 0.6 is 24.8 Å². The number of benzene rings is 1. The number of nitrogens with zero attached hydrogens (tertiary/aromatic N) is 2. The number of nitrogen functional groups attached to an aromatic ring is 1. The van der Waals surface area contributed by atoms with E-state index in [4.69, 9.17) is 10.8 Å². The van der Waals surface area contributed by atoms with Gasteiger partial charge in [0.05, 0.1) is 6.61 Å². The van der Waals surface area contributed by atoms with Gasteiger partial charge in [0.25, 0.3) is 0 Å². The highest BCUT2D eigenvalue weighted by Gasteiger charge is 2.16. The quantitative estimate of drug-likeness (QED) is 0.823. The summed E-state index contributed by atoms with van der Waals surface area (Å²) >= 11 is 0. The normalized spacial score (nSPS) is 15.7. The molecule has 1 heterocycles. The van der Waals surface area contributed by atoms with Crippen molar-refractivity contribution in [2.45, 2.75) is 0 Å². The molecule has 2 rings (SSSR count). The van der Waals surface area contributed by atoms with Gasteiger partial charge in [-0.15, -0.1) is 24.8 Å². The van der Waals surface area contributed by atoms with Gasteiger partial charge in [-0.25, -0.2) is 0 Å². The largest absolute Gasteiger partial charge is 0.399 e. The zero-order chi connectivity index (χ0) is 11.4. The van der Waals surface area contributed by atoms with Crippen LogP contribution in [0.1, 0.15) is 0 Å². The molecule has 0 aliphatic carbocycles. The van der Waals surface area contributed by atoms with Crippen LogP contribution in [0.3, 0.4) is 0 Å². The molecule has 0 bridgehead atoms. The molecule has 0 spiro atoms. The summed E-state index contributed by atoms with van der Waals surface area (Å²) in [6.07, 6.45) is 0. The van der Waals surface area contributed by atoms with E-state index in [-0.39, 0.29) is 31.4 Å². The average molecular weight is 294 g/mol. The number of aliphatic hydroxyl groups is 1. The van der Waals surface area contributed by atoms with Gasteiger partial charge in [-0.2, -0.15) is 0 Å². The summed E-state index contributed by atoms with van der Waals surface area (Å²) in [5, 5.41) is 8.87. The smallest absolute Gasteiger partial charge is 0.0558 e. The highest BCUT2D eigenvalue weighted by atomic mass is 35.5. The molecule has 0 amide bonds. The third-order valence-electron chi connectivity index (χ3n) is 3.02. The summed E-state index contributed by atoms with van der Waals surface area (Å²) in [4.78, 5) is 4.62. The fraction of sp³-hybridized carbons (Fsp3) is 0.500. The Labute approximate surface area is 121 Å². The lowest BCUT2D eigenvalue weighted by molar-refractivity contribution is 0.189. The summed E-state index contributed by atoms with van der Waals surface area (Å²) in [5.41, 5.74) is 7.78. The van der Waals surface area contributed by atoms with Crippen molar-refractivity contribution in [2.24, 2.45) is 0 Å². The molecule has 0 atom stereocenters. The van der Waals surface area contributed by atoms with Crippen LogP contribution in [0.25, 0.3) is 0 Å². The molecule has 1 aromatic rings. The van der Waals surface area contributed by atoms with E-state index in [2.05, 4.69) is 15.9 Å². The second-order valence-electron chi connectivity index (χ2n) is 4.15. The van der Waals surface area contributed by atoms with Crippen LogP contribution in [0, 0.1) is 0 Å². The minimum atomic E-state index is 0. The minimum Gasteiger partial charge on any atom is -0.399 e. The Balaban J connectivity index is 0.00000144.